The van der Waals surface area contributed by atoms with E-state index in [4.69, 9.17) is 4.74 Å². The number of ether oxygens (including phenoxy) is 1. The van der Waals surface area contributed by atoms with E-state index in [0.29, 0.717) is 18.8 Å². The Morgan fingerprint density at radius 3 is 2.48 bits per heavy atom. The maximum atomic E-state index is 12.2. The highest BCUT2D eigenvalue weighted by Gasteiger charge is 2.21. The number of nitrogens with one attached hydrogen (secondary N) is 1. The number of piperazine rings is 1. The normalized spacial score (nSPS) is 15.6. The summed E-state index contributed by atoms with van der Waals surface area (Å²) in [6.07, 6.45) is 0. The summed E-state index contributed by atoms with van der Waals surface area (Å²) in [5, 5.41) is 11.9. The number of urea groups is 1. The van der Waals surface area contributed by atoms with Crippen LogP contribution in [-0.4, -0.2) is 67.2 Å². The van der Waals surface area contributed by atoms with Gasteiger partial charge in [-0.25, -0.2) is 9.59 Å². The number of carboxylic acid groups (broad SMARTS) is 1. The topological polar surface area (TPSA) is 82.1 Å². The molecule has 1 aliphatic heterocycles. The number of amides is 2. The summed E-state index contributed by atoms with van der Waals surface area (Å²) in [6.45, 7) is 2.87. The summed E-state index contributed by atoms with van der Waals surface area (Å²) in [6, 6.07) is 4.26. The first-order valence-corrected chi connectivity index (χ1v) is 6.67. The molecule has 0 atom stereocenters. The fraction of sp³-hybridized carbons (Fsp3) is 0.429. The van der Waals surface area contributed by atoms with Crippen molar-refractivity contribution < 1.29 is 19.4 Å². The van der Waals surface area contributed by atoms with Crippen LogP contribution < -0.4 is 10.1 Å². The Labute approximate surface area is 123 Å². The number of hydrogen-bond donors (Lipinski definition) is 2. The molecule has 1 fully saturated rings. The molecule has 2 N–H and O–H groups in total. The van der Waals surface area contributed by atoms with Crippen LogP contribution in [0, 0.1) is 0 Å². The molecule has 0 aromatic heterocycles. The number of carbonyl (C=O) groups is 2. The number of aromatic carboxylic acids is 1. The number of likely N-dealkylation sites (N-methyl/N-ethyl adjacent to an activating group) is 1. The van der Waals surface area contributed by atoms with Crippen molar-refractivity contribution in [3.05, 3.63) is 23.8 Å². The maximum absolute atomic E-state index is 12.2. The van der Waals surface area contributed by atoms with E-state index in [0.717, 1.165) is 13.1 Å². The van der Waals surface area contributed by atoms with Crippen molar-refractivity contribution in [2.24, 2.45) is 0 Å². The monoisotopic (exact) mass is 293 g/mol. The predicted octanol–water partition coefficient (Wildman–Crippen LogP) is 1.17. The molecule has 7 heteroatoms. The number of benzene rings is 1. The number of anilines is 1. The Kier molecular flexibility index (Phi) is 4.64. The van der Waals surface area contributed by atoms with E-state index in [1.165, 1.54) is 19.2 Å². The second kappa shape index (κ2) is 6.45. The molecule has 7 nitrogen and oxygen atoms in total. The first-order valence-electron chi connectivity index (χ1n) is 6.67. The van der Waals surface area contributed by atoms with Crippen LogP contribution in [0.25, 0.3) is 0 Å². The van der Waals surface area contributed by atoms with Crippen LogP contribution in [0.5, 0.6) is 5.75 Å². The fourth-order valence-corrected chi connectivity index (χ4v) is 2.14. The van der Waals surface area contributed by atoms with Gasteiger partial charge >= 0.3 is 12.0 Å². The van der Waals surface area contributed by atoms with E-state index < -0.39 is 5.97 Å². The van der Waals surface area contributed by atoms with Crippen LogP contribution in [0.4, 0.5) is 10.5 Å². The Morgan fingerprint density at radius 2 is 1.90 bits per heavy atom. The second-order valence-corrected chi connectivity index (χ2v) is 4.94. The summed E-state index contributed by atoms with van der Waals surface area (Å²) in [4.78, 5) is 27.3. The van der Waals surface area contributed by atoms with Gasteiger partial charge in [0.2, 0.25) is 0 Å². The lowest BCUT2D eigenvalue weighted by atomic mass is 10.1. The summed E-state index contributed by atoms with van der Waals surface area (Å²) < 4.78 is 5.00. The molecular formula is C14H19N3O4. The Hall–Kier alpha value is -2.28. The van der Waals surface area contributed by atoms with E-state index in [1.807, 2.05) is 7.05 Å². The predicted molar refractivity (Wildman–Crippen MR) is 78.0 cm³/mol. The zero-order valence-electron chi connectivity index (χ0n) is 12.1. The quantitative estimate of drug-likeness (QED) is 0.874. The molecule has 2 rings (SSSR count). The molecule has 1 saturated heterocycles. The van der Waals surface area contributed by atoms with Gasteiger partial charge in [0.15, 0.2) is 0 Å². The Bertz CT molecular complexity index is 539. The molecule has 1 aliphatic rings. The van der Waals surface area contributed by atoms with Crippen molar-refractivity contribution in [2.75, 3.05) is 45.7 Å². The van der Waals surface area contributed by atoms with Crippen molar-refractivity contribution in [3.8, 4) is 5.75 Å². The van der Waals surface area contributed by atoms with Crippen LogP contribution in [0.2, 0.25) is 0 Å². The molecule has 0 unspecified atom stereocenters. The van der Waals surface area contributed by atoms with E-state index >= 15 is 0 Å². The van der Waals surface area contributed by atoms with Gasteiger partial charge in [0.25, 0.3) is 0 Å². The first kappa shape index (κ1) is 15.1. The van der Waals surface area contributed by atoms with Crippen molar-refractivity contribution in [1.82, 2.24) is 9.80 Å². The fourth-order valence-electron chi connectivity index (χ4n) is 2.14. The summed E-state index contributed by atoms with van der Waals surface area (Å²) in [5.74, 6) is -0.674. The third-order valence-corrected chi connectivity index (χ3v) is 3.49. The van der Waals surface area contributed by atoms with Crippen LogP contribution in [0.3, 0.4) is 0 Å². The highest BCUT2D eigenvalue weighted by Crippen LogP contribution is 2.22. The van der Waals surface area contributed by atoms with Crippen LogP contribution >= 0.6 is 0 Å². The molecule has 1 aromatic carbocycles. The van der Waals surface area contributed by atoms with E-state index in [9.17, 15) is 14.7 Å². The third-order valence-electron chi connectivity index (χ3n) is 3.49. The van der Waals surface area contributed by atoms with Gasteiger partial charge in [0.1, 0.15) is 5.75 Å². The lowest BCUT2D eigenvalue weighted by molar-refractivity contribution is 0.0697. The molecule has 0 spiro atoms. The van der Waals surface area contributed by atoms with Crippen LogP contribution in [0.1, 0.15) is 10.4 Å². The van der Waals surface area contributed by atoms with Gasteiger partial charge in [-0.2, -0.15) is 0 Å². The van der Waals surface area contributed by atoms with Crippen molar-refractivity contribution >= 4 is 17.7 Å². The minimum absolute atomic E-state index is 0.0110. The Balaban J connectivity index is 2.11. The number of nitrogens with zero attached hydrogens (tertiary/aromatic N) is 2. The summed E-state index contributed by atoms with van der Waals surface area (Å²) in [7, 11) is 3.46. The second-order valence-electron chi connectivity index (χ2n) is 4.94. The lowest BCUT2D eigenvalue weighted by Gasteiger charge is -2.32. The molecule has 0 radical (unpaired) electrons. The van der Waals surface area contributed by atoms with E-state index in [1.54, 1.807) is 11.0 Å². The van der Waals surface area contributed by atoms with E-state index in [2.05, 4.69) is 10.2 Å². The van der Waals surface area contributed by atoms with Gasteiger partial charge in [-0.05, 0) is 25.2 Å². The van der Waals surface area contributed by atoms with Gasteiger partial charge in [-0.15, -0.1) is 0 Å². The molecule has 1 aromatic rings. The van der Waals surface area contributed by atoms with Gasteiger partial charge in [0.05, 0.1) is 18.4 Å². The van der Waals surface area contributed by atoms with Gasteiger partial charge in [-0.3, -0.25) is 0 Å². The number of methoxy groups -OCH3 is 1. The van der Waals surface area contributed by atoms with Crippen molar-refractivity contribution in [1.29, 1.82) is 0 Å². The molecule has 21 heavy (non-hydrogen) atoms. The highest BCUT2D eigenvalue weighted by atomic mass is 16.5. The Morgan fingerprint density at radius 1 is 1.24 bits per heavy atom. The molecule has 1 heterocycles. The van der Waals surface area contributed by atoms with Gasteiger partial charge in [0, 0.05) is 26.2 Å². The number of carbonyl (C=O) groups excluding carboxylic acids is 1. The van der Waals surface area contributed by atoms with Crippen molar-refractivity contribution in [3.63, 3.8) is 0 Å². The number of hydrogen-bond acceptors (Lipinski definition) is 4. The minimum Gasteiger partial charge on any atom is -0.497 e. The molecular weight excluding hydrogens is 274 g/mol. The lowest BCUT2D eigenvalue weighted by Crippen LogP contribution is -2.48. The first-order chi connectivity index (χ1) is 10.0. The molecule has 0 bridgehead atoms. The smallest absolute Gasteiger partial charge is 0.337 e. The van der Waals surface area contributed by atoms with E-state index in [-0.39, 0.29) is 17.3 Å². The summed E-state index contributed by atoms with van der Waals surface area (Å²) in [5.41, 5.74) is 0.282. The maximum Gasteiger partial charge on any atom is 0.337 e. The van der Waals surface area contributed by atoms with Crippen LogP contribution in [-0.2, 0) is 0 Å². The average molecular weight is 293 g/mol. The summed E-state index contributed by atoms with van der Waals surface area (Å²) >= 11 is 0. The van der Waals surface area contributed by atoms with Gasteiger partial charge < -0.3 is 25.0 Å². The molecule has 0 aliphatic carbocycles. The zero-order chi connectivity index (χ0) is 15.4. The molecule has 114 valence electrons. The minimum atomic E-state index is -1.11. The standard InChI is InChI=1S/C14H19N3O4/c1-16-5-7-17(8-6-16)14(20)15-12-4-3-10(21-2)9-11(12)13(18)19/h3-4,9H,5-8H2,1-2H3,(H,15,20)(H,18,19). The zero-order valence-corrected chi connectivity index (χ0v) is 12.1. The van der Waals surface area contributed by atoms with Gasteiger partial charge in [-0.1, -0.05) is 0 Å². The SMILES string of the molecule is COc1ccc(NC(=O)N2CCN(C)CC2)c(C(=O)O)c1. The number of rotatable bonds is 3. The molecule has 2 amide bonds. The largest absolute Gasteiger partial charge is 0.497 e. The van der Waals surface area contributed by atoms with Crippen molar-refractivity contribution in [2.45, 2.75) is 0 Å². The average Bonchev–Trinajstić information content (AvgIpc) is 2.48. The van der Waals surface area contributed by atoms with Crippen LogP contribution in [0.15, 0.2) is 18.2 Å². The third kappa shape index (κ3) is 3.63. The number of carboxylic acids is 1. The highest BCUT2D eigenvalue weighted by molar-refractivity contribution is 6.00. The molecule has 0 saturated carbocycles.